The van der Waals surface area contributed by atoms with E-state index in [2.05, 4.69) is 15.5 Å². The van der Waals surface area contributed by atoms with Gasteiger partial charge in [0.15, 0.2) is 0 Å². The second kappa shape index (κ2) is 5.76. The number of nitrogens with zero attached hydrogens (tertiary/aromatic N) is 2. The molecule has 0 radical (unpaired) electrons. The number of anilines is 1. The molecule has 0 fully saturated rings. The molecule has 100 valence electrons. The van der Waals surface area contributed by atoms with Gasteiger partial charge in [0.05, 0.1) is 6.61 Å². The molecule has 0 spiro atoms. The van der Waals surface area contributed by atoms with Gasteiger partial charge >= 0.3 is 12.1 Å². The van der Waals surface area contributed by atoms with Crippen molar-refractivity contribution in [3.63, 3.8) is 0 Å². The summed E-state index contributed by atoms with van der Waals surface area (Å²) >= 11 is 0.927. The van der Waals surface area contributed by atoms with Gasteiger partial charge in [0.25, 0.3) is 0 Å². The van der Waals surface area contributed by atoms with Crippen molar-refractivity contribution in [3.05, 3.63) is 5.01 Å². The largest absolute Gasteiger partial charge is 0.461 e. The third-order valence-corrected chi connectivity index (χ3v) is 2.30. The van der Waals surface area contributed by atoms with Crippen molar-refractivity contribution in [1.29, 1.82) is 0 Å². The zero-order valence-corrected chi connectivity index (χ0v) is 11.5. The number of esters is 1. The minimum absolute atomic E-state index is 0.0860. The number of ether oxygens (including phenoxy) is 2. The first-order chi connectivity index (χ1) is 8.31. The van der Waals surface area contributed by atoms with Crippen LogP contribution < -0.4 is 5.32 Å². The van der Waals surface area contributed by atoms with Crippen molar-refractivity contribution in [2.75, 3.05) is 11.9 Å². The Kier molecular flexibility index (Phi) is 4.60. The summed E-state index contributed by atoms with van der Waals surface area (Å²) in [7, 11) is 0. The van der Waals surface area contributed by atoms with Gasteiger partial charge in [-0.3, -0.25) is 5.32 Å². The molecule has 0 saturated carbocycles. The number of hydrogen-bond donors (Lipinski definition) is 1. The fourth-order valence-electron chi connectivity index (χ4n) is 0.940. The standard InChI is InChI=1S/C10H15N3O4S/c1-5-16-7(14)6-12-13-8(18-6)11-9(15)17-10(2,3)4/h5H2,1-4H3,(H,11,13,15). The van der Waals surface area contributed by atoms with Crippen LogP contribution in [0.1, 0.15) is 37.5 Å². The summed E-state index contributed by atoms with van der Waals surface area (Å²) in [6.45, 7) is 7.19. The number of carbonyl (C=O) groups is 2. The Balaban J connectivity index is 2.59. The summed E-state index contributed by atoms with van der Waals surface area (Å²) in [4.78, 5) is 22.7. The van der Waals surface area contributed by atoms with E-state index in [0.29, 0.717) is 0 Å². The third-order valence-electron chi connectivity index (χ3n) is 1.48. The Morgan fingerprint density at radius 3 is 2.56 bits per heavy atom. The molecule has 0 aliphatic heterocycles. The molecule has 1 amide bonds. The topological polar surface area (TPSA) is 90.4 Å². The molecule has 0 aromatic carbocycles. The number of aromatic nitrogens is 2. The first kappa shape index (κ1) is 14.4. The van der Waals surface area contributed by atoms with E-state index >= 15 is 0 Å². The van der Waals surface area contributed by atoms with Gasteiger partial charge in [-0.05, 0) is 27.7 Å². The monoisotopic (exact) mass is 273 g/mol. The minimum Gasteiger partial charge on any atom is -0.461 e. The quantitative estimate of drug-likeness (QED) is 0.848. The minimum atomic E-state index is -0.644. The molecule has 18 heavy (non-hydrogen) atoms. The van der Waals surface area contributed by atoms with Gasteiger partial charge in [0.1, 0.15) is 5.60 Å². The SMILES string of the molecule is CCOC(=O)c1nnc(NC(=O)OC(C)(C)C)s1. The lowest BCUT2D eigenvalue weighted by atomic mass is 10.2. The molecule has 0 aliphatic rings. The molecule has 0 unspecified atom stereocenters. The first-order valence-corrected chi connectivity index (χ1v) is 6.14. The molecule has 8 heteroatoms. The number of nitrogens with one attached hydrogen (secondary N) is 1. The van der Waals surface area contributed by atoms with Crippen LogP contribution in [0.2, 0.25) is 0 Å². The summed E-state index contributed by atoms with van der Waals surface area (Å²) in [5.74, 6) is -0.563. The molecule has 0 aliphatic carbocycles. The molecule has 0 atom stereocenters. The highest BCUT2D eigenvalue weighted by Gasteiger charge is 2.19. The average molecular weight is 273 g/mol. The Morgan fingerprint density at radius 2 is 2.00 bits per heavy atom. The van der Waals surface area contributed by atoms with Crippen LogP contribution in [0.15, 0.2) is 0 Å². The van der Waals surface area contributed by atoms with E-state index in [1.54, 1.807) is 27.7 Å². The van der Waals surface area contributed by atoms with Gasteiger partial charge in [-0.25, -0.2) is 9.59 Å². The predicted octanol–water partition coefficient (Wildman–Crippen LogP) is 2.06. The van der Waals surface area contributed by atoms with Crippen LogP contribution in [0, 0.1) is 0 Å². The van der Waals surface area contributed by atoms with Crippen LogP contribution in [-0.4, -0.2) is 34.5 Å². The summed E-state index contributed by atoms with van der Waals surface area (Å²) < 4.78 is 9.78. The Labute approximate surface area is 108 Å². The molecule has 0 saturated heterocycles. The van der Waals surface area contributed by atoms with Gasteiger partial charge in [0.2, 0.25) is 10.1 Å². The van der Waals surface area contributed by atoms with Crippen molar-refractivity contribution in [3.8, 4) is 0 Å². The van der Waals surface area contributed by atoms with Gasteiger partial charge in [0, 0.05) is 0 Å². The second-order valence-corrected chi connectivity index (χ2v) is 5.24. The lowest BCUT2D eigenvalue weighted by Gasteiger charge is -2.18. The lowest BCUT2D eigenvalue weighted by molar-refractivity contribution is 0.0524. The van der Waals surface area contributed by atoms with Gasteiger partial charge in [-0.2, -0.15) is 0 Å². The lowest BCUT2D eigenvalue weighted by Crippen LogP contribution is -2.27. The van der Waals surface area contributed by atoms with E-state index in [1.807, 2.05) is 0 Å². The van der Waals surface area contributed by atoms with Crippen molar-refractivity contribution in [1.82, 2.24) is 10.2 Å². The van der Waals surface area contributed by atoms with Crippen molar-refractivity contribution in [2.45, 2.75) is 33.3 Å². The maximum atomic E-state index is 11.4. The number of rotatable bonds is 3. The molecule has 7 nitrogen and oxygen atoms in total. The number of carbonyl (C=O) groups excluding carboxylic acids is 2. The van der Waals surface area contributed by atoms with E-state index < -0.39 is 17.7 Å². The highest BCUT2D eigenvalue weighted by molar-refractivity contribution is 7.17. The zero-order chi connectivity index (χ0) is 13.8. The van der Waals surface area contributed by atoms with Crippen molar-refractivity contribution in [2.24, 2.45) is 0 Å². The summed E-state index contributed by atoms with van der Waals surface area (Å²) in [5.41, 5.74) is -0.598. The van der Waals surface area contributed by atoms with E-state index in [0.717, 1.165) is 11.3 Å². The summed E-state index contributed by atoms with van der Waals surface area (Å²) in [5, 5.41) is 9.92. The highest BCUT2D eigenvalue weighted by Crippen LogP contribution is 2.17. The molecular weight excluding hydrogens is 258 g/mol. The molecular formula is C10H15N3O4S. The van der Waals surface area contributed by atoms with Crippen LogP contribution in [-0.2, 0) is 9.47 Å². The van der Waals surface area contributed by atoms with E-state index in [4.69, 9.17) is 9.47 Å². The molecule has 1 heterocycles. The fraction of sp³-hybridized carbons (Fsp3) is 0.600. The third kappa shape index (κ3) is 4.66. The maximum absolute atomic E-state index is 11.4. The Bertz CT molecular complexity index is 439. The van der Waals surface area contributed by atoms with Crippen LogP contribution in [0.25, 0.3) is 0 Å². The molecule has 0 bridgehead atoms. The van der Waals surface area contributed by atoms with Crippen LogP contribution >= 0.6 is 11.3 Å². The Hall–Kier alpha value is -1.70. The molecule has 1 aromatic rings. The van der Waals surface area contributed by atoms with E-state index in [-0.39, 0.29) is 16.7 Å². The van der Waals surface area contributed by atoms with Crippen molar-refractivity contribution < 1.29 is 19.1 Å². The van der Waals surface area contributed by atoms with Crippen LogP contribution in [0.3, 0.4) is 0 Å². The summed E-state index contributed by atoms with van der Waals surface area (Å²) in [6, 6.07) is 0. The smallest absolute Gasteiger partial charge is 0.414 e. The molecule has 1 rings (SSSR count). The van der Waals surface area contributed by atoms with E-state index in [9.17, 15) is 9.59 Å². The van der Waals surface area contributed by atoms with Crippen molar-refractivity contribution >= 4 is 28.5 Å². The predicted molar refractivity (Wildman–Crippen MR) is 65.7 cm³/mol. The Morgan fingerprint density at radius 1 is 1.33 bits per heavy atom. The average Bonchev–Trinajstić information content (AvgIpc) is 2.63. The van der Waals surface area contributed by atoms with Gasteiger partial charge in [-0.15, -0.1) is 10.2 Å². The number of amides is 1. The highest BCUT2D eigenvalue weighted by atomic mass is 32.1. The van der Waals surface area contributed by atoms with Crippen LogP contribution in [0.5, 0.6) is 0 Å². The number of hydrogen-bond acceptors (Lipinski definition) is 7. The first-order valence-electron chi connectivity index (χ1n) is 5.32. The second-order valence-electron chi connectivity index (χ2n) is 4.26. The zero-order valence-electron chi connectivity index (χ0n) is 10.6. The fourth-order valence-corrected chi connectivity index (χ4v) is 1.56. The normalized spacial score (nSPS) is 10.9. The maximum Gasteiger partial charge on any atom is 0.414 e. The van der Waals surface area contributed by atoms with Gasteiger partial charge < -0.3 is 9.47 Å². The van der Waals surface area contributed by atoms with Crippen LogP contribution in [0.4, 0.5) is 9.93 Å². The van der Waals surface area contributed by atoms with E-state index in [1.165, 1.54) is 0 Å². The summed E-state index contributed by atoms with van der Waals surface area (Å²) in [6.07, 6.45) is -0.644. The molecule has 1 N–H and O–H groups in total. The van der Waals surface area contributed by atoms with Gasteiger partial charge in [-0.1, -0.05) is 11.3 Å². The molecule has 1 aromatic heterocycles.